The number of aromatic nitrogens is 1. The Kier molecular flexibility index (Phi) is 5.93. The van der Waals surface area contributed by atoms with Crippen molar-refractivity contribution < 1.29 is 54.9 Å². The first-order chi connectivity index (χ1) is 17.4. The molecule has 12 nitrogen and oxygen atoms in total. The van der Waals surface area contributed by atoms with E-state index in [1.54, 1.807) is 0 Å². The molecule has 0 spiro atoms. The largest absolute Gasteiger partial charge is 0.504 e. The van der Waals surface area contributed by atoms with E-state index in [0.29, 0.717) is 0 Å². The Bertz CT molecular complexity index is 1600. The summed E-state index contributed by atoms with van der Waals surface area (Å²) in [5, 5.41) is 68.7. The Balaban J connectivity index is 2.10. The molecular weight excluding hydrogens is 490 g/mol. The van der Waals surface area contributed by atoms with Crippen molar-refractivity contribution in [3.05, 3.63) is 70.4 Å². The van der Waals surface area contributed by atoms with Gasteiger partial charge in [-0.1, -0.05) is 0 Å². The van der Waals surface area contributed by atoms with Crippen molar-refractivity contribution in [1.82, 2.24) is 4.98 Å². The van der Waals surface area contributed by atoms with Crippen LogP contribution in [-0.2, 0) is 0 Å². The smallest absolute Gasteiger partial charge is 0.337 e. The highest BCUT2D eigenvalue weighted by Crippen LogP contribution is 2.39. The maximum absolute atomic E-state index is 13.6. The summed E-state index contributed by atoms with van der Waals surface area (Å²) in [6.45, 7) is 0. The van der Waals surface area contributed by atoms with Gasteiger partial charge >= 0.3 is 5.97 Å². The number of ether oxygens (including phenoxy) is 1. The minimum Gasteiger partial charge on any atom is -0.504 e. The van der Waals surface area contributed by atoms with E-state index in [1.165, 1.54) is 25.3 Å². The van der Waals surface area contributed by atoms with Crippen LogP contribution in [0.2, 0.25) is 0 Å². The minimum absolute atomic E-state index is 0.0262. The molecule has 4 rings (SSSR count). The predicted octanol–water partition coefficient (Wildman–Crippen LogP) is 2.64. The Morgan fingerprint density at radius 2 is 1.19 bits per heavy atom. The van der Waals surface area contributed by atoms with Gasteiger partial charge < -0.3 is 40.5 Å². The number of hydrogen-bond acceptors (Lipinski definition) is 11. The van der Waals surface area contributed by atoms with Crippen LogP contribution in [0.4, 0.5) is 0 Å². The first-order valence-electron chi connectivity index (χ1n) is 10.3. The molecule has 3 aromatic carbocycles. The van der Waals surface area contributed by atoms with Crippen LogP contribution in [0.3, 0.4) is 0 Å². The lowest BCUT2D eigenvalue weighted by atomic mass is 9.90. The van der Waals surface area contributed by atoms with E-state index >= 15 is 0 Å². The van der Waals surface area contributed by atoms with Crippen LogP contribution in [0.25, 0.3) is 10.9 Å². The fraction of sp³-hybridized carbons (Fsp3) is 0.0400. The summed E-state index contributed by atoms with van der Waals surface area (Å²) in [4.78, 5) is 43.7. The molecule has 0 bridgehead atoms. The van der Waals surface area contributed by atoms with E-state index in [2.05, 4.69) is 4.98 Å². The first kappa shape index (κ1) is 24.6. The second-order valence-corrected chi connectivity index (χ2v) is 7.78. The predicted molar refractivity (Wildman–Crippen MR) is 125 cm³/mol. The molecule has 0 saturated carbocycles. The van der Waals surface area contributed by atoms with Crippen molar-refractivity contribution in [1.29, 1.82) is 0 Å². The standard InChI is InChI=1S/C25H17NO11/c1-37-11-2-3-13-12(8-11)18(25(35)36)19(21(31)9-4-14(27)23(33)15(28)5-9)20(26-13)22(32)10-6-16(29)24(34)17(30)7-10/h2-8,27-30,33-34H,1H3,(H,35,36). The second kappa shape index (κ2) is 8.92. The average Bonchev–Trinajstić information content (AvgIpc) is 2.87. The van der Waals surface area contributed by atoms with E-state index in [4.69, 9.17) is 4.74 Å². The van der Waals surface area contributed by atoms with Gasteiger partial charge in [-0.3, -0.25) is 9.59 Å². The maximum Gasteiger partial charge on any atom is 0.337 e. The summed E-state index contributed by atoms with van der Waals surface area (Å²) in [6, 6.07) is 7.13. The number of nitrogens with zero attached hydrogens (tertiary/aromatic N) is 1. The van der Waals surface area contributed by atoms with E-state index in [1.807, 2.05) is 0 Å². The van der Waals surface area contributed by atoms with Crippen LogP contribution in [0, 0.1) is 0 Å². The highest BCUT2D eigenvalue weighted by molar-refractivity contribution is 6.25. The fourth-order valence-corrected chi connectivity index (χ4v) is 3.73. The number of pyridine rings is 1. The molecule has 12 heteroatoms. The fourth-order valence-electron chi connectivity index (χ4n) is 3.73. The number of phenols is 6. The number of rotatable bonds is 6. The highest BCUT2D eigenvalue weighted by Gasteiger charge is 2.31. The monoisotopic (exact) mass is 507 g/mol. The molecule has 188 valence electrons. The number of methoxy groups -OCH3 is 1. The molecule has 1 heterocycles. The number of aromatic carboxylic acids is 1. The van der Waals surface area contributed by atoms with Gasteiger partial charge in [0.2, 0.25) is 5.78 Å². The molecule has 7 N–H and O–H groups in total. The Labute approximate surface area is 206 Å². The summed E-state index contributed by atoms with van der Waals surface area (Å²) in [5.74, 6) is -9.06. The normalized spacial score (nSPS) is 10.8. The molecule has 0 amide bonds. The van der Waals surface area contributed by atoms with E-state index < -0.39 is 80.0 Å². The SMILES string of the molecule is COc1ccc2nc(C(=O)c3cc(O)c(O)c(O)c3)c(C(=O)c3cc(O)c(O)c(O)c3)c(C(=O)O)c2c1. The molecule has 0 fully saturated rings. The Morgan fingerprint density at radius 1 is 0.703 bits per heavy atom. The van der Waals surface area contributed by atoms with Gasteiger partial charge in [-0.25, -0.2) is 9.78 Å². The number of benzene rings is 3. The maximum atomic E-state index is 13.6. The zero-order chi connectivity index (χ0) is 27.2. The average molecular weight is 507 g/mol. The number of carboxylic acids is 1. The Hall–Kier alpha value is -5.52. The number of phenolic OH excluding ortho intramolecular Hbond substituents is 6. The van der Waals surface area contributed by atoms with Gasteiger partial charge in [0.15, 0.2) is 40.3 Å². The van der Waals surface area contributed by atoms with Gasteiger partial charge in [-0.2, -0.15) is 0 Å². The lowest BCUT2D eigenvalue weighted by Crippen LogP contribution is -2.19. The van der Waals surface area contributed by atoms with Gasteiger partial charge in [0.1, 0.15) is 11.4 Å². The molecule has 37 heavy (non-hydrogen) atoms. The zero-order valence-electron chi connectivity index (χ0n) is 18.8. The van der Waals surface area contributed by atoms with Crippen LogP contribution >= 0.6 is 0 Å². The first-order valence-corrected chi connectivity index (χ1v) is 10.3. The van der Waals surface area contributed by atoms with Crippen LogP contribution in [0.15, 0.2) is 42.5 Å². The highest BCUT2D eigenvalue weighted by atomic mass is 16.5. The van der Waals surface area contributed by atoms with Crippen LogP contribution in [0.5, 0.6) is 40.2 Å². The molecule has 0 aliphatic carbocycles. The summed E-state index contributed by atoms with van der Waals surface area (Å²) < 4.78 is 5.13. The molecule has 0 unspecified atom stereocenters. The van der Waals surface area contributed by atoms with Crippen molar-refractivity contribution >= 4 is 28.4 Å². The van der Waals surface area contributed by atoms with Crippen molar-refractivity contribution in [3.8, 4) is 40.2 Å². The van der Waals surface area contributed by atoms with Gasteiger partial charge in [0, 0.05) is 16.5 Å². The van der Waals surface area contributed by atoms with Crippen molar-refractivity contribution in [2.24, 2.45) is 0 Å². The van der Waals surface area contributed by atoms with Crippen LogP contribution < -0.4 is 4.74 Å². The van der Waals surface area contributed by atoms with Crippen molar-refractivity contribution in [2.45, 2.75) is 0 Å². The third-order valence-electron chi connectivity index (χ3n) is 5.51. The number of aromatic hydroxyl groups is 6. The third kappa shape index (κ3) is 4.12. The molecule has 0 radical (unpaired) electrons. The Morgan fingerprint density at radius 3 is 1.65 bits per heavy atom. The minimum atomic E-state index is -1.64. The summed E-state index contributed by atoms with van der Waals surface area (Å²) in [6.07, 6.45) is 0. The number of ketones is 2. The number of carboxylic acid groups (broad SMARTS) is 1. The van der Waals surface area contributed by atoms with Gasteiger partial charge in [0.25, 0.3) is 0 Å². The van der Waals surface area contributed by atoms with Crippen LogP contribution in [0.1, 0.15) is 42.3 Å². The van der Waals surface area contributed by atoms with Gasteiger partial charge in [-0.15, -0.1) is 0 Å². The van der Waals surface area contributed by atoms with Gasteiger partial charge in [0.05, 0.1) is 23.8 Å². The molecule has 4 aromatic rings. The molecule has 0 aliphatic heterocycles. The second-order valence-electron chi connectivity index (χ2n) is 7.78. The zero-order valence-corrected chi connectivity index (χ0v) is 18.8. The van der Waals surface area contributed by atoms with Crippen molar-refractivity contribution in [2.75, 3.05) is 7.11 Å². The van der Waals surface area contributed by atoms with E-state index in [-0.39, 0.29) is 16.7 Å². The number of carbonyl (C=O) groups is 3. The van der Waals surface area contributed by atoms with Gasteiger partial charge in [-0.05, 0) is 42.5 Å². The number of hydrogen-bond donors (Lipinski definition) is 7. The molecule has 0 saturated heterocycles. The quantitative estimate of drug-likeness (QED) is 0.148. The molecule has 1 aromatic heterocycles. The number of carbonyl (C=O) groups excluding carboxylic acids is 2. The molecular formula is C25H17NO11. The lowest BCUT2D eigenvalue weighted by Gasteiger charge is -2.15. The summed E-state index contributed by atoms with van der Waals surface area (Å²) in [5.41, 5.74) is -3.11. The molecule has 0 atom stereocenters. The summed E-state index contributed by atoms with van der Waals surface area (Å²) in [7, 11) is 1.32. The third-order valence-corrected chi connectivity index (χ3v) is 5.51. The van der Waals surface area contributed by atoms with Crippen LogP contribution in [-0.4, -0.2) is 65.4 Å². The van der Waals surface area contributed by atoms with Crippen molar-refractivity contribution in [3.63, 3.8) is 0 Å². The number of fused-ring (bicyclic) bond motifs is 1. The van der Waals surface area contributed by atoms with E-state index in [0.717, 1.165) is 24.3 Å². The summed E-state index contributed by atoms with van der Waals surface area (Å²) >= 11 is 0. The molecule has 0 aliphatic rings. The van der Waals surface area contributed by atoms with E-state index in [9.17, 15) is 50.1 Å². The lowest BCUT2D eigenvalue weighted by molar-refractivity contribution is 0.0695. The topological polar surface area (TPSA) is 215 Å².